The predicted octanol–water partition coefficient (Wildman–Crippen LogP) is 4.92. The SMILES string of the molecule is CCOC[C@]1(CCc2scc3[nH]cnc23)CCN(C(C)(C)c2ccc(C)nc2)C1. The molecule has 0 saturated carbocycles. The van der Waals surface area contributed by atoms with Crippen LogP contribution in [0.5, 0.6) is 0 Å². The largest absolute Gasteiger partial charge is 0.381 e. The third kappa shape index (κ3) is 4.11. The molecule has 0 aliphatic carbocycles. The number of rotatable bonds is 8. The summed E-state index contributed by atoms with van der Waals surface area (Å²) in [5.74, 6) is 0. The van der Waals surface area contributed by atoms with Gasteiger partial charge in [0.2, 0.25) is 0 Å². The van der Waals surface area contributed by atoms with Crippen LogP contribution in [0.2, 0.25) is 0 Å². The van der Waals surface area contributed by atoms with Crippen molar-refractivity contribution < 1.29 is 4.74 Å². The van der Waals surface area contributed by atoms with Gasteiger partial charge in [0.25, 0.3) is 0 Å². The average Bonchev–Trinajstić information content (AvgIpc) is 3.42. The van der Waals surface area contributed by atoms with Crippen molar-refractivity contribution in [1.82, 2.24) is 19.9 Å². The van der Waals surface area contributed by atoms with Crippen LogP contribution in [0.1, 0.15) is 49.7 Å². The normalized spacial score (nSPS) is 20.7. The highest BCUT2D eigenvalue weighted by Gasteiger charge is 2.43. The molecular weight excluding hydrogens is 380 g/mol. The van der Waals surface area contributed by atoms with Crippen LogP contribution in [-0.2, 0) is 16.7 Å². The predicted molar refractivity (Wildman–Crippen MR) is 119 cm³/mol. The molecule has 0 unspecified atom stereocenters. The lowest BCUT2D eigenvalue weighted by atomic mass is 9.82. The molecule has 4 rings (SSSR count). The van der Waals surface area contributed by atoms with Gasteiger partial charge in [0.05, 0.1) is 18.5 Å². The maximum Gasteiger partial charge on any atom is 0.102 e. The number of imidazole rings is 1. The molecular formula is C23H32N4OS. The Balaban J connectivity index is 1.51. The number of ether oxygens (including phenoxy) is 1. The fraction of sp³-hybridized carbons (Fsp3) is 0.565. The first-order valence-corrected chi connectivity index (χ1v) is 11.5. The van der Waals surface area contributed by atoms with Crippen molar-refractivity contribution in [2.45, 2.75) is 52.5 Å². The number of likely N-dealkylation sites (tertiary alicyclic amines) is 1. The summed E-state index contributed by atoms with van der Waals surface area (Å²) >= 11 is 1.82. The Kier molecular flexibility index (Phi) is 5.78. The van der Waals surface area contributed by atoms with Crippen LogP contribution in [-0.4, -0.2) is 46.2 Å². The maximum absolute atomic E-state index is 5.99. The Bertz CT molecular complexity index is 945. The number of fused-ring (bicyclic) bond motifs is 1. The third-order valence-corrected chi connectivity index (χ3v) is 7.63. The zero-order chi connectivity index (χ0) is 20.5. The molecule has 1 fully saturated rings. The molecule has 156 valence electrons. The Morgan fingerprint density at radius 2 is 2.17 bits per heavy atom. The first kappa shape index (κ1) is 20.5. The number of hydrogen-bond acceptors (Lipinski definition) is 5. The van der Waals surface area contributed by atoms with Crippen molar-refractivity contribution in [3.63, 3.8) is 0 Å². The Hall–Kier alpha value is -1.76. The van der Waals surface area contributed by atoms with Crippen LogP contribution in [0.4, 0.5) is 0 Å². The van der Waals surface area contributed by atoms with E-state index in [1.807, 2.05) is 24.5 Å². The summed E-state index contributed by atoms with van der Waals surface area (Å²) in [7, 11) is 0. The van der Waals surface area contributed by atoms with Gasteiger partial charge < -0.3 is 9.72 Å². The Labute approximate surface area is 177 Å². The number of nitrogens with one attached hydrogen (secondary N) is 1. The van der Waals surface area contributed by atoms with Crippen LogP contribution >= 0.6 is 11.3 Å². The smallest absolute Gasteiger partial charge is 0.102 e. The summed E-state index contributed by atoms with van der Waals surface area (Å²) in [6.45, 7) is 12.5. The second-order valence-electron chi connectivity index (χ2n) is 8.88. The van der Waals surface area contributed by atoms with Gasteiger partial charge >= 0.3 is 0 Å². The van der Waals surface area contributed by atoms with E-state index in [0.29, 0.717) is 0 Å². The van der Waals surface area contributed by atoms with Gasteiger partial charge in [-0.2, -0.15) is 0 Å². The molecule has 0 amide bonds. The topological polar surface area (TPSA) is 54.0 Å². The van der Waals surface area contributed by atoms with Crippen molar-refractivity contribution in [3.8, 4) is 0 Å². The van der Waals surface area contributed by atoms with Crippen LogP contribution < -0.4 is 0 Å². The molecule has 1 aliphatic rings. The monoisotopic (exact) mass is 412 g/mol. The first-order valence-electron chi connectivity index (χ1n) is 10.6. The summed E-state index contributed by atoms with van der Waals surface area (Å²) in [5, 5.41) is 2.18. The average molecular weight is 413 g/mol. The van der Waals surface area contributed by atoms with Gasteiger partial charge in [0, 0.05) is 46.3 Å². The van der Waals surface area contributed by atoms with Gasteiger partial charge in [-0.1, -0.05) is 6.07 Å². The Morgan fingerprint density at radius 3 is 2.93 bits per heavy atom. The minimum atomic E-state index is -0.0347. The molecule has 1 saturated heterocycles. The van der Waals surface area contributed by atoms with Gasteiger partial charge in [0.15, 0.2) is 0 Å². The second kappa shape index (κ2) is 8.17. The molecule has 1 N–H and O–H groups in total. The van der Waals surface area contributed by atoms with Crippen LogP contribution in [0.3, 0.4) is 0 Å². The number of nitrogens with zero attached hydrogens (tertiary/aromatic N) is 3. The minimum Gasteiger partial charge on any atom is -0.381 e. The molecule has 0 spiro atoms. The van der Waals surface area contributed by atoms with E-state index in [0.717, 1.165) is 55.9 Å². The highest BCUT2D eigenvalue weighted by Crippen LogP contribution is 2.42. The van der Waals surface area contributed by atoms with E-state index in [-0.39, 0.29) is 11.0 Å². The number of pyridine rings is 1. The van der Waals surface area contributed by atoms with E-state index in [1.54, 1.807) is 6.33 Å². The summed E-state index contributed by atoms with van der Waals surface area (Å²) in [4.78, 5) is 16.3. The Morgan fingerprint density at radius 1 is 1.31 bits per heavy atom. The molecule has 29 heavy (non-hydrogen) atoms. The van der Waals surface area contributed by atoms with E-state index >= 15 is 0 Å². The summed E-state index contributed by atoms with van der Waals surface area (Å²) in [5.41, 5.74) is 4.81. The number of hydrogen-bond donors (Lipinski definition) is 1. The van der Waals surface area contributed by atoms with Crippen molar-refractivity contribution in [1.29, 1.82) is 0 Å². The van der Waals surface area contributed by atoms with E-state index in [1.165, 1.54) is 16.9 Å². The van der Waals surface area contributed by atoms with Crippen molar-refractivity contribution in [3.05, 3.63) is 46.2 Å². The quantitative estimate of drug-likeness (QED) is 0.570. The van der Waals surface area contributed by atoms with Crippen LogP contribution in [0.15, 0.2) is 30.0 Å². The summed E-state index contributed by atoms with van der Waals surface area (Å²) in [6, 6.07) is 4.34. The van der Waals surface area contributed by atoms with Crippen LogP contribution in [0.25, 0.3) is 11.0 Å². The molecule has 1 aliphatic heterocycles. The highest BCUT2D eigenvalue weighted by molar-refractivity contribution is 7.11. The van der Waals surface area contributed by atoms with Crippen molar-refractivity contribution in [2.75, 3.05) is 26.3 Å². The van der Waals surface area contributed by atoms with E-state index in [4.69, 9.17) is 4.74 Å². The van der Waals surface area contributed by atoms with Gasteiger partial charge in [-0.3, -0.25) is 9.88 Å². The fourth-order valence-electron chi connectivity index (χ4n) is 4.50. The number of aryl methyl sites for hydroxylation is 2. The molecule has 5 nitrogen and oxygen atoms in total. The number of H-pyrrole nitrogens is 1. The molecule has 0 aromatic carbocycles. The van der Waals surface area contributed by atoms with Gasteiger partial charge in [0.1, 0.15) is 5.52 Å². The zero-order valence-corrected chi connectivity index (χ0v) is 18.8. The van der Waals surface area contributed by atoms with E-state index in [9.17, 15) is 0 Å². The molecule has 6 heteroatoms. The lowest BCUT2D eigenvalue weighted by Crippen LogP contribution is -2.42. The molecule has 0 radical (unpaired) electrons. The lowest BCUT2D eigenvalue weighted by Gasteiger charge is -2.38. The summed E-state index contributed by atoms with van der Waals surface area (Å²) < 4.78 is 5.99. The molecule has 3 aromatic rings. The summed E-state index contributed by atoms with van der Waals surface area (Å²) in [6.07, 6.45) is 7.20. The first-order chi connectivity index (χ1) is 13.9. The fourth-order valence-corrected chi connectivity index (χ4v) is 5.43. The van der Waals surface area contributed by atoms with E-state index in [2.05, 4.69) is 58.1 Å². The molecule has 4 heterocycles. The van der Waals surface area contributed by atoms with Gasteiger partial charge in [-0.15, -0.1) is 11.3 Å². The highest BCUT2D eigenvalue weighted by atomic mass is 32.1. The number of aromatic amines is 1. The third-order valence-electron chi connectivity index (χ3n) is 6.59. The van der Waals surface area contributed by atoms with Gasteiger partial charge in [-0.05, 0) is 65.1 Å². The van der Waals surface area contributed by atoms with Gasteiger partial charge in [-0.25, -0.2) is 4.98 Å². The number of aromatic nitrogens is 3. The second-order valence-corrected chi connectivity index (χ2v) is 9.84. The van der Waals surface area contributed by atoms with Crippen molar-refractivity contribution in [2.24, 2.45) is 5.41 Å². The molecule has 1 atom stereocenters. The zero-order valence-electron chi connectivity index (χ0n) is 18.0. The van der Waals surface area contributed by atoms with Crippen molar-refractivity contribution >= 4 is 22.4 Å². The molecule has 3 aromatic heterocycles. The lowest BCUT2D eigenvalue weighted by molar-refractivity contribution is 0.0386. The minimum absolute atomic E-state index is 0.0347. The molecule has 0 bridgehead atoms. The number of thiophene rings is 1. The standard InChI is InChI=1S/C23H32N4OS/c1-5-28-15-23(9-8-20-21-19(13-29-20)25-16-26-21)10-11-27(14-23)22(3,4)18-7-6-17(2)24-12-18/h6-7,12-13,16H,5,8-11,14-15H2,1-4H3,(H,25,26)/t23-/m1/s1. The van der Waals surface area contributed by atoms with Crippen LogP contribution in [0, 0.1) is 12.3 Å². The maximum atomic E-state index is 5.99. The van der Waals surface area contributed by atoms with E-state index < -0.39 is 0 Å².